The van der Waals surface area contributed by atoms with E-state index in [0.29, 0.717) is 5.56 Å². The summed E-state index contributed by atoms with van der Waals surface area (Å²) in [6.07, 6.45) is 9.77. The van der Waals surface area contributed by atoms with Crippen LogP contribution in [0.15, 0.2) is 67.5 Å². The zero-order valence-electron chi connectivity index (χ0n) is 17.7. The third-order valence-electron chi connectivity index (χ3n) is 5.48. The second kappa shape index (κ2) is 9.14. The van der Waals surface area contributed by atoms with E-state index < -0.39 is 23.3 Å². The SMILES string of the molecule is C[C@@H](n1cc(C=Cc2ccc(C#N)cc2)cn1)[C@](O)(Cn1cncn1)c1ccc(F)cc1F. The largest absolute Gasteiger partial charge is 0.381 e. The predicted octanol–water partition coefficient (Wildman–Crippen LogP) is 3.94. The van der Waals surface area contributed by atoms with Gasteiger partial charge >= 0.3 is 0 Å². The van der Waals surface area contributed by atoms with Gasteiger partial charge in [-0.2, -0.15) is 15.5 Å². The minimum Gasteiger partial charge on any atom is -0.381 e. The van der Waals surface area contributed by atoms with Gasteiger partial charge in [-0.3, -0.25) is 4.68 Å². The molecule has 33 heavy (non-hydrogen) atoms. The van der Waals surface area contributed by atoms with Crippen molar-refractivity contribution >= 4 is 12.2 Å². The van der Waals surface area contributed by atoms with Crippen LogP contribution < -0.4 is 0 Å². The number of aliphatic hydroxyl groups is 1. The Bertz CT molecular complexity index is 1310. The van der Waals surface area contributed by atoms with E-state index in [9.17, 15) is 13.9 Å². The molecule has 0 saturated heterocycles. The van der Waals surface area contributed by atoms with Gasteiger partial charge in [-0.15, -0.1) is 0 Å². The van der Waals surface area contributed by atoms with E-state index >= 15 is 0 Å². The van der Waals surface area contributed by atoms with Gasteiger partial charge in [0.15, 0.2) is 0 Å². The molecule has 0 radical (unpaired) electrons. The standard InChI is InChI=1S/C24H20F2N6O/c1-17(32-13-20(12-29-32)7-4-18-2-5-19(11-27)6-3-18)24(33,14-31-16-28-15-30-31)22-9-8-21(25)10-23(22)26/h2-10,12-13,15-17,33H,14H2,1H3/t17-,24-/m1/s1. The van der Waals surface area contributed by atoms with E-state index in [1.54, 1.807) is 31.5 Å². The van der Waals surface area contributed by atoms with Gasteiger partial charge in [0.2, 0.25) is 0 Å². The molecule has 0 fully saturated rings. The first-order valence-electron chi connectivity index (χ1n) is 10.1. The summed E-state index contributed by atoms with van der Waals surface area (Å²) >= 11 is 0. The van der Waals surface area contributed by atoms with E-state index in [2.05, 4.69) is 21.3 Å². The van der Waals surface area contributed by atoms with Gasteiger partial charge in [-0.05, 0) is 30.7 Å². The molecule has 9 heteroatoms. The first-order chi connectivity index (χ1) is 15.9. The lowest BCUT2D eigenvalue weighted by molar-refractivity contribution is -0.0369. The van der Waals surface area contributed by atoms with Crippen LogP contribution in [0.3, 0.4) is 0 Å². The summed E-state index contributed by atoms with van der Waals surface area (Å²) in [4.78, 5) is 3.87. The van der Waals surface area contributed by atoms with Crippen molar-refractivity contribution < 1.29 is 13.9 Å². The Morgan fingerprint density at radius 1 is 1.12 bits per heavy atom. The van der Waals surface area contributed by atoms with Gasteiger partial charge in [0.1, 0.15) is 29.9 Å². The van der Waals surface area contributed by atoms with Gasteiger partial charge in [0.05, 0.1) is 30.4 Å². The van der Waals surface area contributed by atoms with Crippen molar-refractivity contribution in [1.82, 2.24) is 24.5 Å². The number of nitriles is 1. The number of halogens is 2. The lowest BCUT2D eigenvalue weighted by Crippen LogP contribution is -2.40. The molecule has 4 rings (SSSR count). The molecule has 0 unspecified atom stereocenters. The molecule has 2 aromatic heterocycles. The van der Waals surface area contributed by atoms with E-state index in [1.165, 1.54) is 28.1 Å². The van der Waals surface area contributed by atoms with Crippen LogP contribution in [-0.2, 0) is 12.1 Å². The smallest absolute Gasteiger partial charge is 0.137 e. The monoisotopic (exact) mass is 446 g/mol. The molecule has 0 aliphatic carbocycles. The first kappa shape index (κ1) is 22.0. The maximum Gasteiger partial charge on any atom is 0.137 e. The molecule has 0 saturated carbocycles. The van der Waals surface area contributed by atoms with Crippen molar-refractivity contribution in [2.75, 3.05) is 0 Å². The van der Waals surface area contributed by atoms with Crippen LogP contribution in [-0.4, -0.2) is 29.7 Å². The molecule has 0 aliphatic rings. The van der Waals surface area contributed by atoms with E-state index in [4.69, 9.17) is 5.26 Å². The fourth-order valence-corrected chi connectivity index (χ4v) is 3.57. The summed E-state index contributed by atoms with van der Waals surface area (Å²) < 4.78 is 31.1. The van der Waals surface area contributed by atoms with Gasteiger partial charge in [0.25, 0.3) is 0 Å². The third-order valence-corrected chi connectivity index (χ3v) is 5.48. The highest BCUT2D eigenvalue weighted by atomic mass is 19.1. The highest BCUT2D eigenvalue weighted by molar-refractivity contribution is 5.69. The predicted molar refractivity (Wildman–Crippen MR) is 117 cm³/mol. The minimum atomic E-state index is -1.80. The molecule has 0 aliphatic heterocycles. The van der Waals surface area contributed by atoms with Gasteiger partial charge in [0, 0.05) is 23.4 Å². The lowest BCUT2D eigenvalue weighted by atomic mass is 9.86. The zero-order chi connectivity index (χ0) is 23.4. The Morgan fingerprint density at radius 3 is 2.55 bits per heavy atom. The number of hydrogen-bond donors (Lipinski definition) is 1. The topological polar surface area (TPSA) is 92.6 Å². The number of benzene rings is 2. The second-order valence-corrected chi connectivity index (χ2v) is 7.64. The summed E-state index contributed by atoms with van der Waals surface area (Å²) in [5.74, 6) is -1.60. The fraction of sp³-hybridized carbons (Fsp3) is 0.167. The van der Waals surface area contributed by atoms with Crippen LogP contribution in [0.1, 0.15) is 35.2 Å². The molecular weight excluding hydrogens is 426 g/mol. The van der Waals surface area contributed by atoms with Crippen LogP contribution in [0, 0.1) is 23.0 Å². The molecule has 2 heterocycles. The molecule has 0 amide bonds. The van der Waals surface area contributed by atoms with Gasteiger partial charge in [-0.25, -0.2) is 18.4 Å². The van der Waals surface area contributed by atoms with Crippen LogP contribution in [0.25, 0.3) is 12.2 Å². The molecule has 0 spiro atoms. The Morgan fingerprint density at radius 2 is 1.88 bits per heavy atom. The van der Waals surface area contributed by atoms with E-state index in [1.807, 2.05) is 24.3 Å². The van der Waals surface area contributed by atoms with Gasteiger partial charge < -0.3 is 5.11 Å². The van der Waals surface area contributed by atoms with Gasteiger partial charge in [-0.1, -0.05) is 30.4 Å². The summed E-state index contributed by atoms with van der Waals surface area (Å²) in [6, 6.07) is 11.5. The molecular formula is C24H20F2N6O. The first-order valence-corrected chi connectivity index (χ1v) is 10.1. The lowest BCUT2D eigenvalue weighted by Gasteiger charge is -2.34. The van der Waals surface area contributed by atoms with Crippen molar-refractivity contribution in [3.8, 4) is 6.07 Å². The summed E-state index contributed by atoms with van der Waals surface area (Å²) in [7, 11) is 0. The molecule has 4 aromatic rings. The Kier molecular flexibility index (Phi) is 6.11. The number of aromatic nitrogens is 5. The van der Waals surface area contributed by atoms with Crippen molar-refractivity contribution in [2.24, 2.45) is 0 Å². The number of hydrogen-bond acceptors (Lipinski definition) is 5. The van der Waals surface area contributed by atoms with Crippen molar-refractivity contribution in [2.45, 2.75) is 25.1 Å². The summed E-state index contributed by atoms with van der Waals surface area (Å²) in [5, 5.41) is 28.9. The maximum atomic E-state index is 14.7. The molecule has 7 nitrogen and oxygen atoms in total. The van der Waals surface area contributed by atoms with Crippen LogP contribution in [0.2, 0.25) is 0 Å². The highest BCUT2D eigenvalue weighted by Gasteiger charge is 2.40. The summed E-state index contributed by atoms with van der Waals surface area (Å²) in [6.45, 7) is 1.58. The number of rotatable bonds is 7. The average Bonchev–Trinajstić information content (AvgIpc) is 3.49. The molecule has 166 valence electrons. The number of nitrogens with zero attached hydrogens (tertiary/aromatic N) is 6. The molecule has 1 N–H and O–H groups in total. The Balaban J connectivity index is 1.64. The average molecular weight is 446 g/mol. The van der Waals surface area contributed by atoms with E-state index in [0.717, 1.165) is 23.3 Å². The third kappa shape index (κ3) is 4.71. The van der Waals surface area contributed by atoms with Crippen LogP contribution in [0.5, 0.6) is 0 Å². The van der Waals surface area contributed by atoms with Crippen molar-refractivity contribution in [3.63, 3.8) is 0 Å². The van der Waals surface area contributed by atoms with Crippen molar-refractivity contribution in [3.05, 3.63) is 101 Å². The second-order valence-electron chi connectivity index (χ2n) is 7.64. The molecule has 0 bridgehead atoms. The van der Waals surface area contributed by atoms with E-state index in [-0.39, 0.29) is 12.1 Å². The Hall–Kier alpha value is -4.16. The molecule has 2 aromatic carbocycles. The maximum absolute atomic E-state index is 14.7. The zero-order valence-corrected chi connectivity index (χ0v) is 17.7. The minimum absolute atomic E-state index is 0.0722. The Labute approximate surface area is 188 Å². The van der Waals surface area contributed by atoms with Crippen LogP contribution >= 0.6 is 0 Å². The quantitative estimate of drug-likeness (QED) is 0.464. The highest BCUT2D eigenvalue weighted by Crippen LogP contribution is 2.36. The van der Waals surface area contributed by atoms with Crippen molar-refractivity contribution in [1.29, 1.82) is 5.26 Å². The van der Waals surface area contributed by atoms with Crippen LogP contribution in [0.4, 0.5) is 8.78 Å². The normalized spacial score (nSPS) is 14.2. The molecule has 2 atom stereocenters. The summed E-state index contributed by atoms with van der Waals surface area (Å²) in [5.41, 5.74) is 0.372. The fourth-order valence-electron chi connectivity index (χ4n) is 3.57.